The molecule has 0 saturated carbocycles. The van der Waals surface area contributed by atoms with Crippen molar-refractivity contribution < 1.29 is 13.2 Å². The van der Waals surface area contributed by atoms with Gasteiger partial charge in [0, 0.05) is 0 Å². The van der Waals surface area contributed by atoms with Gasteiger partial charge in [-0.2, -0.15) is 18.4 Å². The summed E-state index contributed by atoms with van der Waals surface area (Å²) in [7, 11) is 0. The number of hydrogen-bond acceptors (Lipinski definition) is 4. The summed E-state index contributed by atoms with van der Waals surface area (Å²) in [6, 6.07) is 4.74. The van der Waals surface area contributed by atoms with Crippen LogP contribution < -0.4 is 0 Å². The molecule has 17 heavy (non-hydrogen) atoms. The smallest absolute Gasteiger partial charge is 0.201 e. The third kappa shape index (κ3) is 2.08. The summed E-state index contributed by atoms with van der Waals surface area (Å²) in [5.74, 6) is 0. The minimum atomic E-state index is -4.59. The molecule has 0 amide bonds. The van der Waals surface area contributed by atoms with Crippen molar-refractivity contribution in [1.29, 1.82) is 5.26 Å². The van der Waals surface area contributed by atoms with Crippen molar-refractivity contribution in [2.24, 2.45) is 0 Å². The third-order valence-electron chi connectivity index (χ3n) is 2.04. The molecule has 1 aromatic carbocycles. The topological polar surface area (TPSA) is 67.4 Å². The van der Waals surface area contributed by atoms with Crippen LogP contribution in [-0.2, 0) is 6.18 Å². The summed E-state index contributed by atoms with van der Waals surface area (Å²) < 4.78 is 39.0. The molecular weight excluding hydrogens is 235 g/mol. The average molecular weight is 239 g/mol. The number of aromatic nitrogens is 4. The predicted octanol–water partition coefficient (Wildman–Crippen LogP) is 1.55. The largest absolute Gasteiger partial charge is 0.417 e. The highest BCUT2D eigenvalue weighted by molar-refractivity contribution is 5.46. The lowest BCUT2D eigenvalue weighted by Gasteiger charge is -2.10. The molecule has 0 N–H and O–H groups in total. The van der Waals surface area contributed by atoms with E-state index in [4.69, 9.17) is 5.26 Å². The zero-order valence-electron chi connectivity index (χ0n) is 8.18. The Kier molecular flexibility index (Phi) is 2.51. The molecular formula is C9H4F3N5. The van der Waals surface area contributed by atoms with Gasteiger partial charge in [-0.25, -0.2) is 4.68 Å². The molecule has 0 radical (unpaired) electrons. The van der Waals surface area contributed by atoms with Crippen molar-refractivity contribution in [1.82, 2.24) is 20.2 Å². The van der Waals surface area contributed by atoms with E-state index in [1.54, 1.807) is 0 Å². The Morgan fingerprint density at radius 3 is 2.59 bits per heavy atom. The zero-order valence-corrected chi connectivity index (χ0v) is 8.18. The number of tetrazole rings is 1. The van der Waals surface area contributed by atoms with Gasteiger partial charge in [-0.3, -0.25) is 0 Å². The van der Waals surface area contributed by atoms with E-state index in [0.29, 0.717) is 0 Å². The summed E-state index contributed by atoms with van der Waals surface area (Å²) in [6.45, 7) is 0. The molecule has 0 aliphatic heterocycles. The summed E-state index contributed by atoms with van der Waals surface area (Å²) in [4.78, 5) is 0. The average Bonchev–Trinajstić information content (AvgIpc) is 2.80. The van der Waals surface area contributed by atoms with Crippen LogP contribution in [0.5, 0.6) is 0 Å². The van der Waals surface area contributed by atoms with Crippen LogP contribution in [0.1, 0.15) is 11.1 Å². The van der Waals surface area contributed by atoms with Gasteiger partial charge in [0.1, 0.15) is 6.33 Å². The number of hydrogen-bond donors (Lipinski definition) is 0. The third-order valence-corrected chi connectivity index (χ3v) is 2.04. The molecule has 0 aliphatic rings. The first-order valence-electron chi connectivity index (χ1n) is 4.37. The second kappa shape index (κ2) is 3.86. The number of alkyl halides is 3. The maximum absolute atomic E-state index is 12.6. The van der Waals surface area contributed by atoms with Gasteiger partial charge in [0.05, 0.1) is 22.9 Å². The number of nitrogens with zero attached hydrogens (tertiary/aromatic N) is 5. The van der Waals surface area contributed by atoms with Gasteiger partial charge in [-0.1, -0.05) is 0 Å². The second-order valence-corrected chi connectivity index (χ2v) is 3.09. The van der Waals surface area contributed by atoms with Gasteiger partial charge in [0.15, 0.2) is 0 Å². The fourth-order valence-electron chi connectivity index (χ4n) is 1.29. The minimum Gasteiger partial charge on any atom is -0.201 e. The highest BCUT2D eigenvalue weighted by Crippen LogP contribution is 2.32. The molecule has 0 spiro atoms. The Hall–Kier alpha value is -2.43. The molecule has 86 valence electrons. The summed E-state index contributed by atoms with van der Waals surface area (Å²) in [5.41, 5.74) is -1.30. The lowest BCUT2D eigenvalue weighted by Crippen LogP contribution is -2.09. The lowest BCUT2D eigenvalue weighted by atomic mass is 10.1. The second-order valence-electron chi connectivity index (χ2n) is 3.09. The van der Waals surface area contributed by atoms with Crippen LogP contribution in [0.4, 0.5) is 13.2 Å². The van der Waals surface area contributed by atoms with Crippen molar-refractivity contribution in [2.75, 3.05) is 0 Å². The van der Waals surface area contributed by atoms with Crippen molar-refractivity contribution in [3.05, 3.63) is 35.7 Å². The van der Waals surface area contributed by atoms with Crippen LogP contribution in [0.2, 0.25) is 0 Å². The van der Waals surface area contributed by atoms with E-state index in [2.05, 4.69) is 15.5 Å². The standard InChI is InChI=1S/C9H4F3N5/c10-9(11,12)8-3-7(2-1-6(8)4-13)17-5-14-15-16-17/h1-3,5H. The van der Waals surface area contributed by atoms with Crippen LogP contribution in [-0.4, -0.2) is 20.2 Å². The molecule has 2 aromatic rings. The first-order valence-corrected chi connectivity index (χ1v) is 4.37. The van der Waals surface area contributed by atoms with E-state index in [0.717, 1.165) is 16.8 Å². The summed E-state index contributed by atoms with van der Waals surface area (Å²) in [6.07, 6.45) is -3.42. The first kappa shape index (κ1) is 11.1. The minimum absolute atomic E-state index is 0.140. The van der Waals surface area contributed by atoms with Gasteiger partial charge in [-0.15, -0.1) is 5.10 Å². The Bertz CT molecular complexity index is 567. The Balaban J connectivity index is 2.58. The van der Waals surface area contributed by atoms with Gasteiger partial charge in [-0.05, 0) is 28.6 Å². The van der Waals surface area contributed by atoms with E-state index >= 15 is 0 Å². The monoisotopic (exact) mass is 239 g/mol. The van der Waals surface area contributed by atoms with Gasteiger partial charge < -0.3 is 0 Å². The Morgan fingerprint density at radius 1 is 1.29 bits per heavy atom. The molecule has 1 heterocycles. The molecule has 1 aromatic heterocycles. The van der Waals surface area contributed by atoms with Crippen molar-refractivity contribution in [3.63, 3.8) is 0 Å². The highest BCUT2D eigenvalue weighted by Gasteiger charge is 2.34. The fourth-order valence-corrected chi connectivity index (χ4v) is 1.29. The van der Waals surface area contributed by atoms with Crippen LogP contribution in [0.3, 0.4) is 0 Å². The van der Waals surface area contributed by atoms with E-state index < -0.39 is 17.3 Å². The van der Waals surface area contributed by atoms with Crippen LogP contribution in [0.15, 0.2) is 24.5 Å². The molecule has 2 rings (SSSR count). The molecule has 8 heteroatoms. The molecule has 0 unspecified atom stereocenters. The number of rotatable bonds is 1. The predicted molar refractivity (Wildman–Crippen MR) is 48.9 cm³/mol. The van der Waals surface area contributed by atoms with E-state index in [1.165, 1.54) is 18.5 Å². The molecule has 0 atom stereocenters. The van der Waals surface area contributed by atoms with Gasteiger partial charge in [0.2, 0.25) is 0 Å². The summed E-state index contributed by atoms with van der Waals surface area (Å²) >= 11 is 0. The van der Waals surface area contributed by atoms with Crippen LogP contribution in [0, 0.1) is 11.3 Å². The maximum Gasteiger partial charge on any atom is 0.417 e. The quantitative estimate of drug-likeness (QED) is 0.757. The maximum atomic E-state index is 12.6. The molecule has 0 saturated heterocycles. The van der Waals surface area contributed by atoms with Crippen LogP contribution >= 0.6 is 0 Å². The van der Waals surface area contributed by atoms with Crippen molar-refractivity contribution in [3.8, 4) is 11.8 Å². The van der Waals surface area contributed by atoms with E-state index in [-0.39, 0.29) is 5.69 Å². The van der Waals surface area contributed by atoms with E-state index in [1.807, 2.05) is 0 Å². The number of benzene rings is 1. The molecule has 0 aliphatic carbocycles. The van der Waals surface area contributed by atoms with Gasteiger partial charge >= 0.3 is 6.18 Å². The molecule has 0 bridgehead atoms. The van der Waals surface area contributed by atoms with E-state index in [9.17, 15) is 13.2 Å². The fraction of sp³-hybridized carbons (Fsp3) is 0.111. The molecule has 0 fully saturated rings. The zero-order chi connectivity index (χ0) is 12.5. The van der Waals surface area contributed by atoms with Gasteiger partial charge in [0.25, 0.3) is 0 Å². The lowest BCUT2D eigenvalue weighted by molar-refractivity contribution is -0.137. The SMILES string of the molecule is N#Cc1ccc(-n2cnnn2)cc1C(F)(F)F. The highest BCUT2D eigenvalue weighted by atomic mass is 19.4. The Labute approximate surface area is 93.1 Å². The van der Waals surface area contributed by atoms with Crippen molar-refractivity contribution >= 4 is 0 Å². The first-order chi connectivity index (χ1) is 8.02. The number of nitriles is 1. The summed E-state index contributed by atoms with van der Waals surface area (Å²) in [5, 5.41) is 18.7. The normalized spacial score (nSPS) is 11.2. The number of halogens is 3. The van der Waals surface area contributed by atoms with Crippen LogP contribution in [0.25, 0.3) is 5.69 Å². The molecule has 5 nitrogen and oxygen atoms in total. The van der Waals surface area contributed by atoms with Crippen molar-refractivity contribution in [2.45, 2.75) is 6.18 Å². The Morgan fingerprint density at radius 2 is 2.06 bits per heavy atom.